The van der Waals surface area contributed by atoms with Crippen LogP contribution in [0, 0.1) is 0 Å². The fourth-order valence-corrected chi connectivity index (χ4v) is 4.74. The van der Waals surface area contributed by atoms with Crippen LogP contribution in [0.15, 0.2) is 54.6 Å². The number of hydrogen-bond acceptors (Lipinski definition) is 3. The third-order valence-corrected chi connectivity index (χ3v) is 6.62. The molecule has 0 spiro atoms. The second kappa shape index (κ2) is 10.6. The smallest absolute Gasteiger partial charge is 0.315 e. The Hall–Kier alpha value is -2.86. The van der Waals surface area contributed by atoms with Gasteiger partial charge in [0.2, 0.25) is 5.91 Å². The monoisotopic (exact) mass is 434 g/mol. The van der Waals surface area contributed by atoms with E-state index in [0.717, 1.165) is 30.5 Å². The predicted octanol–water partition coefficient (Wildman–Crippen LogP) is 3.71. The fourth-order valence-electron chi connectivity index (χ4n) is 4.74. The molecule has 6 heteroatoms. The topological polar surface area (TPSA) is 73.5 Å². The fraction of sp³-hybridized carbons (Fsp3) is 0.462. The maximum Gasteiger partial charge on any atom is 0.315 e. The highest BCUT2D eigenvalue weighted by Crippen LogP contribution is 2.30. The number of benzene rings is 2. The molecule has 2 fully saturated rings. The normalized spacial score (nSPS) is 17.8. The molecule has 0 bridgehead atoms. The van der Waals surface area contributed by atoms with Gasteiger partial charge in [-0.1, -0.05) is 67.4 Å². The molecular formula is C26H34N4O2. The molecule has 6 nitrogen and oxygen atoms in total. The summed E-state index contributed by atoms with van der Waals surface area (Å²) < 4.78 is 0. The van der Waals surface area contributed by atoms with Crippen molar-refractivity contribution in [1.82, 2.24) is 20.9 Å². The maximum atomic E-state index is 13.1. The van der Waals surface area contributed by atoms with E-state index in [4.69, 9.17) is 0 Å². The first-order valence-corrected chi connectivity index (χ1v) is 11.8. The Kier molecular flexibility index (Phi) is 7.43. The van der Waals surface area contributed by atoms with Crippen molar-refractivity contribution < 1.29 is 9.59 Å². The van der Waals surface area contributed by atoms with Gasteiger partial charge in [0.05, 0.1) is 0 Å². The number of nitrogens with zero attached hydrogens (tertiary/aromatic N) is 1. The van der Waals surface area contributed by atoms with Crippen LogP contribution in [-0.4, -0.2) is 35.5 Å². The molecule has 1 saturated heterocycles. The van der Waals surface area contributed by atoms with Gasteiger partial charge in [-0.2, -0.15) is 0 Å². The van der Waals surface area contributed by atoms with E-state index in [1.807, 2.05) is 30.3 Å². The van der Waals surface area contributed by atoms with E-state index < -0.39 is 5.54 Å². The van der Waals surface area contributed by atoms with Gasteiger partial charge in [-0.25, -0.2) is 4.79 Å². The number of nitrogens with one attached hydrogen (secondary N) is 3. The average Bonchev–Trinajstić information content (AvgIpc) is 3.51. The summed E-state index contributed by atoms with van der Waals surface area (Å²) in [4.78, 5) is 28.1. The van der Waals surface area contributed by atoms with Crippen molar-refractivity contribution in [2.24, 2.45) is 0 Å². The summed E-state index contributed by atoms with van der Waals surface area (Å²) in [5.74, 6) is -0.0917. The maximum absolute atomic E-state index is 13.1. The van der Waals surface area contributed by atoms with E-state index in [1.54, 1.807) is 0 Å². The number of urea groups is 1. The lowest BCUT2D eigenvalue weighted by atomic mass is 9.96. The van der Waals surface area contributed by atoms with Crippen LogP contribution in [0.5, 0.6) is 0 Å². The van der Waals surface area contributed by atoms with Gasteiger partial charge in [0, 0.05) is 19.6 Å². The second-order valence-corrected chi connectivity index (χ2v) is 9.06. The number of rotatable bonds is 8. The van der Waals surface area contributed by atoms with E-state index in [2.05, 4.69) is 45.1 Å². The minimum Gasteiger partial charge on any atom is -0.350 e. The molecule has 3 N–H and O–H groups in total. The van der Waals surface area contributed by atoms with Crippen molar-refractivity contribution in [1.29, 1.82) is 0 Å². The Morgan fingerprint density at radius 3 is 2.03 bits per heavy atom. The highest BCUT2D eigenvalue weighted by Gasteiger charge is 2.42. The first kappa shape index (κ1) is 22.3. The lowest BCUT2D eigenvalue weighted by molar-refractivity contribution is -0.127. The quantitative estimate of drug-likeness (QED) is 0.593. The SMILES string of the molecule is O=C(NCc1ccccc1)NC1(C(=O)NCc2ccc(CN3CCCC3)cc2)CCCC1. The molecule has 0 unspecified atom stereocenters. The second-order valence-electron chi connectivity index (χ2n) is 9.06. The molecule has 2 aliphatic rings. The van der Waals surface area contributed by atoms with Gasteiger partial charge in [0.15, 0.2) is 0 Å². The van der Waals surface area contributed by atoms with Gasteiger partial charge in [0.25, 0.3) is 0 Å². The Balaban J connectivity index is 1.28. The van der Waals surface area contributed by atoms with Gasteiger partial charge in [0.1, 0.15) is 5.54 Å². The van der Waals surface area contributed by atoms with Crippen LogP contribution >= 0.6 is 0 Å². The Morgan fingerprint density at radius 2 is 1.34 bits per heavy atom. The van der Waals surface area contributed by atoms with Crippen LogP contribution in [0.4, 0.5) is 4.79 Å². The summed E-state index contributed by atoms with van der Waals surface area (Å²) in [7, 11) is 0. The number of hydrogen-bond donors (Lipinski definition) is 3. The van der Waals surface area contributed by atoms with Crippen molar-refractivity contribution in [3.8, 4) is 0 Å². The molecule has 2 aromatic rings. The van der Waals surface area contributed by atoms with E-state index in [9.17, 15) is 9.59 Å². The average molecular weight is 435 g/mol. The molecule has 170 valence electrons. The van der Waals surface area contributed by atoms with Crippen LogP contribution in [0.1, 0.15) is 55.2 Å². The van der Waals surface area contributed by atoms with E-state index in [0.29, 0.717) is 25.9 Å². The molecule has 3 amide bonds. The first-order valence-electron chi connectivity index (χ1n) is 11.8. The van der Waals surface area contributed by atoms with Crippen LogP contribution in [0.2, 0.25) is 0 Å². The molecular weight excluding hydrogens is 400 g/mol. The van der Waals surface area contributed by atoms with Crippen LogP contribution in [0.3, 0.4) is 0 Å². The van der Waals surface area contributed by atoms with E-state index in [-0.39, 0.29) is 11.9 Å². The predicted molar refractivity (Wildman–Crippen MR) is 126 cm³/mol. The van der Waals surface area contributed by atoms with Crippen LogP contribution in [0.25, 0.3) is 0 Å². The van der Waals surface area contributed by atoms with Crippen molar-refractivity contribution >= 4 is 11.9 Å². The highest BCUT2D eigenvalue weighted by atomic mass is 16.2. The third-order valence-electron chi connectivity index (χ3n) is 6.62. The summed E-state index contributed by atoms with van der Waals surface area (Å²) in [6.45, 7) is 4.28. The van der Waals surface area contributed by atoms with Crippen molar-refractivity contribution in [2.75, 3.05) is 13.1 Å². The lowest BCUT2D eigenvalue weighted by Gasteiger charge is -2.29. The van der Waals surface area contributed by atoms with E-state index in [1.165, 1.54) is 31.5 Å². The summed E-state index contributed by atoms with van der Waals surface area (Å²) in [6, 6.07) is 18.0. The molecule has 4 rings (SSSR count). The molecule has 1 heterocycles. The summed E-state index contributed by atoms with van der Waals surface area (Å²) in [5, 5.41) is 8.92. The van der Waals surface area contributed by atoms with Gasteiger partial charge in [-0.15, -0.1) is 0 Å². The molecule has 0 radical (unpaired) electrons. The summed E-state index contributed by atoms with van der Waals surface area (Å²) in [5.41, 5.74) is 2.59. The molecule has 1 saturated carbocycles. The zero-order valence-electron chi connectivity index (χ0n) is 18.7. The third kappa shape index (κ3) is 5.88. The zero-order chi connectivity index (χ0) is 22.2. The first-order chi connectivity index (χ1) is 15.6. The minimum absolute atomic E-state index is 0.0917. The van der Waals surface area contributed by atoms with Crippen LogP contribution < -0.4 is 16.0 Å². The zero-order valence-corrected chi connectivity index (χ0v) is 18.7. The highest BCUT2D eigenvalue weighted by molar-refractivity contribution is 5.91. The molecule has 0 aromatic heterocycles. The Labute approximate surface area is 190 Å². The van der Waals surface area contributed by atoms with Gasteiger partial charge in [-0.3, -0.25) is 9.69 Å². The molecule has 32 heavy (non-hydrogen) atoms. The number of amides is 3. The molecule has 0 atom stereocenters. The van der Waals surface area contributed by atoms with Gasteiger partial charge in [-0.05, 0) is 55.5 Å². The lowest BCUT2D eigenvalue weighted by Crippen LogP contribution is -2.59. The van der Waals surface area contributed by atoms with E-state index >= 15 is 0 Å². The minimum atomic E-state index is -0.823. The number of carbonyl (C=O) groups excluding carboxylic acids is 2. The Bertz CT molecular complexity index is 886. The number of carbonyl (C=O) groups is 2. The Morgan fingerprint density at radius 1 is 0.750 bits per heavy atom. The largest absolute Gasteiger partial charge is 0.350 e. The molecule has 1 aliphatic carbocycles. The van der Waals surface area contributed by atoms with Crippen molar-refractivity contribution in [3.05, 3.63) is 71.3 Å². The van der Waals surface area contributed by atoms with Crippen LogP contribution in [-0.2, 0) is 24.4 Å². The van der Waals surface area contributed by atoms with Gasteiger partial charge >= 0.3 is 6.03 Å². The molecule has 1 aliphatic heterocycles. The molecule has 2 aromatic carbocycles. The standard InChI is InChI=1S/C26H34N4O2/c31-24(27-18-22-10-12-23(13-11-22)20-30-16-6-7-17-30)26(14-4-5-15-26)29-25(32)28-19-21-8-2-1-3-9-21/h1-3,8-13H,4-7,14-20H2,(H,27,31)(H2,28,29,32). The van der Waals surface area contributed by atoms with Gasteiger partial charge < -0.3 is 16.0 Å². The summed E-state index contributed by atoms with van der Waals surface area (Å²) in [6.07, 6.45) is 5.82. The van der Waals surface area contributed by atoms with Crippen molar-refractivity contribution in [3.63, 3.8) is 0 Å². The van der Waals surface area contributed by atoms with Crippen molar-refractivity contribution in [2.45, 2.75) is 63.7 Å². The number of likely N-dealkylation sites (tertiary alicyclic amines) is 1. The summed E-state index contributed by atoms with van der Waals surface area (Å²) >= 11 is 0.